The van der Waals surface area contributed by atoms with E-state index in [0.717, 1.165) is 27.0 Å². The van der Waals surface area contributed by atoms with Gasteiger partial charge in [0.1, 0.15) is 5.75 Å². The molecule has 0 aliphatic rings. The SMILES string of the molecule is C/C(=N\N(C)c1nc(-c2ccccc2)cc(-c2ccc(Br)cc2)n1)c1ccccc1O. The van der Waals surface area contributed by atoms with Crippen molar-refractivity contribution in [3.63, 3.8) is 0 Å². The lowest BCUT2D eigenvalue weighted by atomic mass is 10.1. The predicted molar refractivity (Wildman–Crippen MR) is 129 cm³/mol. The maximum absolute atomic E-state index is 10.1. The van der Waals surface area contributed by atoms with Gasteiger partial charge in [0.25, 0.3) is 0 Å². The Bertz CT molecular complexity index is 1220. The summed E-state index contributed by atoms with van der Waals surface area (Å²) in [6.45, 7) is 1.85. The molecule has 0 aliphatic heterocycles. The third kappa shape index (κ3) is 4.81. The van der Waals surface area contributed by atoms with E-state index in [4.69, 9.17) is 9.97 Å². The lowest BCUT2D eigenvalue weighted by molar-refractivity contribution is 0.474. The maximum Gasteiger partial charge on any atom is 0.247 e. The topological polar surface area (TPSA) is 61.6 Å². The quantitative estimate of drug-likeness (QED) is 0.280. The first-order chi connectivity index (χ1) is 15.0. The molecule has 0 radical (unpaired) electrons. The van der Waals surface area contributed by atoms with Crippen LogP contribution in [0.5, 0.6) is 5.75 Å². The molecule has 0 amide bonds. The second-order valence-electron chi connectivity index (χ2n) is 7.04. The number of phenolic OH excluding ortho intramolecular Hbond substituents is 1. The molecular formula is C25H21BrN4O. The van der Waals surface area contributed by atoms with Gasteiger partial charge in [-0.25, -0.2) is 15.0 Å². The standard InChI is InChI=1S/C25H21BrN4O/c1-17(21-10-6-7-11-24(21)31)29-30(2)25-27-22(18-8-4-3-5-9-18)16-23(28-25)19-12-14-20(26)15-13-19/h3-16,31H,1-2H3/b29-17+. The fraction of sp³-hybridized carbons (Fsp3) is 0.0800. The Balaban J connectivity index is 1.79. The number of nitrogens with zero attached hydrogens (tertiary/aromatic N) is 4. The second kappa shape index (κ2) is 9.10. The molecule has 1 aromatic heterocycles. The first-order valence-electron chi connectivity index (χ1n) is 9.79. The van der Waals surface area contributed by atoms with Gasteiger partial charge in [-0.05, 0) is 37.3 Å². The van der Waals surface area contributed by atoms with Crippen LogP contribution in [0, 0.1) is 0 Å². The van der Waals surface area contributed by atoms with Gasteiger partial charge < -0.3 is 5.11 Å². The minimum Gasteiger partial charge on any atom is -0.507 e. The number of aromatic nitrogens is 2. The van der Waals surface area contributed by atoms with Crippen LogP contribution in [0.25, 0.3) is 22.5 Å². The third-order valence-corrected chi connectivity index (χ3v) is 5.34. The minimum absolute atomic E-state index is 0.187. The summed E-state index contributed by atoms with van der Waals surface area (Å²) >= 11 is 3.48. The highest BCUT2D eigenvalue weighted by atomic mass is 79.9. The molecule has 0 bridgehead atoms. The van der Waals surface area contributed by atoms with Crippen molar-refractivity contribution in [2.75, 3.05) is 12.1 Å². The van der Waals surface area contributed by atoms with Crippen molar-refractivity contribution in [2.24, 2.45) is 5.10 Å². The van der Waals surface area contributed by atoms with E-state index in [1.54, 1.807) is 24.2 Å². The average Bonchev–Trinajstić information content (AvgIpc) is 2.80. The Morgan fingerprint density at radius 2 is 1.42 bits per heavy atom. The van der Waals surface area contributed by atoms with Crippen LogP contribution < -0.4 is 5.01 Å². The molecule has 0 spiro atoms. The number of hydrogen-bond acceptors (Lipinski definition) is 5. The van der Waals surface area contributed by atoms with E-state index in [-0.39, 0.29) is 5.75 Å². The fourth-order valence-electron chi connectivity index (χ4n) is 3.21. The van der Waals surface area contributed by atoms with Crippen LogP contribution in [-0.2, 0) is 0 Å². The fourth-order valence-corrected chi connectivity index (χ4v) is 3.47. The van der Waals surface area contributed by atoms with E-state index in [9.17, 15) is 5.11 Å². The van der Waals surface area contributed by atoms with Gasteiger partial charge in [0.05, 0.1) is 17.1 Å². The molecule has 0 aliphatic carbocycles. The number of rotatable bonds is 5. The molecular weight excluding hydrogens is 452 g/mol. The molecule has 0 fully saturated rings. The van der Waals surface area contributed by atoms with E-state index >= 15 is 0 Å². The van der Waals surface area contributed by atoms with Crippen LogP contribution in [0.15, 0.2) is 94.5 Å². The van der Waals surface area contributed by atoms with Crippen molar-refractivity contribution in [1.29, 1.82) is 0 Å². The van der Waals surface area contributed by atoms with Crippen molar-refractivity contribution < 1.29 is 5.11 Å². The van der Waals surface area contributed by atoms with Gasteiger partial charge >= 0.3 is 0 Å². The van der Waals surface area contributed by atoms with Crippen molar-refractivity contribution in [2.45, 2.75) is 6.92 Å². The Kier molecular flexibility index (Phi) is 6.09. The molecule has 31 heavy (non-hydrogen) atoms. The first-order valence-corrected chi connectivity index (χ1v) is 10.6. The summed E-state index contributed by atoms with van der Waals surface area (Å²) < 4.78 is 1.01. The number of hydrogen-bond donors (Lipinski definition) is 1. The van der Waals surface area contributed by atoms with Gasteiger partial charge in [0.2, 0.25) is 5.95 Å². The number of anilines is 1. The van der Waals surface area contributed by atoms with Crippen LogP contribution in [0.3, 0.4) is 0 Å². The molecule has 0 saturated carbocycles. The highest BCUT2D eigenvalue weighted by Gasteiger charge is 2.13. The largest absolute Gasteiger partial charge is 0.507 e. The Morgan fingerprint density at radius 1 is 0.839 bits per heavy atom. The van der Waals surface area contributed by atoms with Crippen LogP contribution >= 0.6 is 15.9 Å². The highest BCUT2D eigenvalue weighted by Crippen LogP contribution is 2.27. The molecule has 4 rings (SSSR count). The summed E-state index contributed by atoms with van der Waals surface area (Å²) in [6.07, 6.45) is 0. The van der Waals surface area contributed by atoms with Crippen LogP contribution in [0.1, 0.15) is 12.5 Å². The van der Waals surface area contributed by atoms with Gasteiger partial charge in [-0.1, -0.05) is 70.5 Å². The lowest BCUT2D eigenvalue weighted by Gasteiger charge is -2.16. The minimum atomic E-state index is 0.187. The number of halogens is 1. The van der Waals surface area contributed by atoms with E-state index in [1.807, 2.05) is 79.7 Å². The van der Waals surface area contributed by atoms with E-state index in [1.165, 1.54) is 0 Å². The summed E-state index contributed by atoms with van der Waals surface area (Å²) in [5, 5.41) is 16.4. The Labute approximate surface area is 189 Å². The van der Waals surface area contributed by atoms with Crippen molar-refractivity contribution in [3.05, 3.63) is 95.0 Å². The number of aromatic hydroxyl groups is 1. The highest BCUT2D eigenvalue weighted by molar-refractivity contribution is 9.10. The molecule has 6 heteroatoms. The van der Waals surface area contributed by atoms with Crippen LogP contribution in [-0.4, -0.2) is 27.8 Å². The summed E-state index contributed by atoms with van der Waals surface area (Å²) in [5.41, 5.74) is 4.93. The predicted octanol–water partition coefficient (Wildman–Crippen LogP) is 6.14. The summed E-state index contributed by atoms with van der Waals surface area (Å²) in [5.74, 6) is 0.653. The zero-order valence-electron chi connectivity index (χ0n) is 17.2. The number of hydrazone groups is 1. The van der Waals surface area contributed by atoms with E-state index < -0.39 is 0 Å². The number of benzene rings is 3. The normalized spacial score (nSPS) is 11.4. The molecule has 0 saturated heterocycles. The number of para-hydroxylation sites is 1. The first kappa shape index (κ1) is 20.8. The summed E-state index contributed by atoms with van der Waals surface area (Å²) in [4.78, 5) is 9.51. The van der Waals surface area contributed by atoms with Gasteiger partial charge in [-0.15, -0.1) is 0 Å². The molecule has 1 N–H and O–H groups in total. The Morgan fingerprint density at radius 3 is 2.06 bits per heavy atom. The van der Waals surface area contributed by atoms with Crippen LogP contribution in [0.2, 0.25) is 0 Å². The van der Waals surface area contributed by atoms with E-state index in [2.05, 4.69) is 21.0 Å². The third-order valence-electron chi connectivity index (χ3n) is 4.81. The molecule has 3 aromatic carbocycles. The summed E-state index contributed by atoms with van der Waals surface area (Å²) in [7, 11) is 1.80. The summed E-state index contributed by atoms with van der Waals surface area (Å²) in [6, 6.07) is 27.1. The van der Waals surface area contributed by atoms with Crippen molar-refractivity contribution >= 4 is 27.6 Å². The molecule has 154 valence electrons. The maximum atomic E-state index is 10.1. The second-order valence-corrected chi connectivity index (χ2v) is 7.95. The molecule has 1 heterocycles. The molecule has 0 atom stereocenters. The van der Waals surface area contributed by atoms with Gasteiger partial charge in [0, 0.05) is 28.2 Å². The number of phenols is 1. The van der Waals surface area contributed by atoms with Gasteiger partial charge in [-0.2, -0.15) is 5.10 Å². The molecule has 5 nitrogen and oxygen atoms in total. The monoisotopic (exact) mass is 472 g/mol. The smallest absolute Gasteiger partial charge is 0.247 e. The zero-order chi connectivity index (χ0) is 21.8. The van der Waals surface area contributed by atoms with Gasteiger partial charge in [0.15, 0.2) is 0 Å². The van der Waals surface area contributed by atoms with Crippen molar-refractivity contribution in [1.82, 2.24) is 9.97 Å². The average molecular weight is 473 g/mol. The molecule has 4 aromatic rings. The molecule has 0 unspecified atom stereocenters. The van der Waals surface area contributed by atoms with E-state index in [0.29, 0.717) is 17.2 Å². The Hall–Kier alpha value is -3.51. The van der Waals surface area contributed by atoms with Crippen LogP contribution in [0.4, 0.5) is 5.95 Å². The van der Waals surface area contributed by atoms with Gasteiger partial charge in [-0.3, -0.25) is 0 Å². The van der Waals surface area contributed by atoms with Crippen molar-refractivity contribution in [3.8, 4) is 28.3 Å². The zero-order valence-corrected chi connectivity index (χ0v) is 18.8. The lowest BCUT2D eigenvalue weighted by Crippen LogP contribution is -2.16.